The molecule has 154 valence electrons. The van der Waals surface area contributed by atoms with E-state index < -0.39 is 17.5 Å². The van der Waals surface area contributed by atoms with Crippen molar-refractivity contribution in [2.24, 2.45) is 0 Å². The molecule has 1 aromatic rings. The zero-order valence-electron chi connectivity index (χ0n) is 16.4. The molecule has 0 spiro atoms. The Kier molecular flexibility index (Phi) is 6.51. The second-order valence-corrected chi connectivity index (χ2v) is 7.78. The van der Waals surface area contributed by atoms with Crippen LogP contribution in [0.25, 0.3) is 0 Å². The number of aromatic nitrogens is 1. The number of anilines is 1. The zero-order chi connectivity index (χ0) is 20.1. The van der Waals surface area contributed by atoms with Crippen molar-refractivity contribution in [3.05, 3.63) is 23.4 Å². The van der Waals surface area contributed by atoms with Gasteiger partial charge in [0.05, 0.1) is 0 Å². The van der Waals surface area contributed by atoms with Crippen molar-refractivity contribution in [3.63, 3.8) is 0 Å². The predicted octanol–water partition coefficient (Wildman–Crippen LogP) is 0.859. The number of hydrogen-bond acceptors (Lipinski definition) is 6. The number of carbonyl (C=O) groups is 2. The maximum absolute atomic E-state index is 12.3. The van der Waals surface area contributed by atoms with Gasteiger partial charge in [-0.3, -0.25) is 4.79 Å². The molecule has 2 aliphatic rings. The third-order valence-corrected chi connectivity index (χ3v) is 5.65. The number of aliphatic hydroxyl groups excluding tert-OH is 1. The first-order chi connectivity index (χ1) is 13.4. The molecule has 8 heteroatoms. The molecule has 0 saturated carbocycles. The first kappa shape index (κ1) is 20.5. The van der Waals surface area contributed by atoms with Crippen molar-refractivity contribution in [2.75, 3.05) is 31.5 Å². The number of nitrogens with zero attached hydrogens (tertiary/aromatic N) is 2. The second-order valence-electron chi connectivity index (χ2n) is 7.78. The van der Waals surface area contributed by atoms with Gasteiger partial charge in [-0.2, -0.15) is 0 Å². The van der Waals surface area contributed by atoms with E-state index in [2.05, 4.69) is 27.8 Å². The van der Waals surface area contributed by atoms with Gasteiger partial charge in [0.15, 0.2) is 5.78 Å². The number of hydrogen-bond donors (Lipinski definition) is 4. The summed E-state index contributed by atoms with van der Waals surface area (Å²) in [7, 11) is 0. The summed E-state index contributed by atoms with van der Waals surface area (Å²) in [6.45, 7) is 3.39. The van der Waals surface area contributed by atoms with E-state index in [1.54, 1.807) is 4.90 Å². The Hall–Kier alpha value is -2.19. The topological polar surface area (TPSA) is 115 Å². The van der Waals surface area contributed by atoms with Crippen LogP contribution in [0, 0.1) is 0 Å². The summed E-state index contributed by atoms with van der Waals surface area (Å²) in [6.07, 6.45) is 2.77. The molecule has 28 heavy (non-hydrogen) atoms. The van der Waals surface area contributed by atoms with Crippen LogP contribution in [0.3, 0.4) is 0 Å². The van der Waals surface area contributed by atoms with E-state index in [1.165, 1.54) is 12.5 Å². The van der Waals surface area contributed by atoms with Crippen molar-refractivity contribution in [1.82, 2.24) is 15.2 Å². The molecule has 0 bridgehead atoms. The molecule has 1 unspecified atom stereocenters. The average molecular weight is 390 g/mol. The van der Waals surface area contributed by atoms with Crippen LogP contribution in [-0.2, 0) is 17.6 Å². The number of carbonyl (C=O) groups excluding carboxylic acids is 2. The van der Waals surface area contributed by atoms with Gasteiger partial charge in [0.2, 0.25) is 0 Å². The van der Waals surface area contributed by atoms with Crippen molar-refractivity contribution in [3.8, 4) is 0 Å². The van der Waals surface area contributed by atoms with Crippen LogP contribution in [-0.4, -0.2) is 69.8 Å². The standard InChI is InChI=1S/C20H30N4O4/c1-14(25)17(26)20(28)8-12-24(13-9-20)19(27)22-11-3-5-16-7-6-15-4-2-10-21-18(15)23-16/h6-7,17,26,28H,2-5,8-13H2,1H3,(H,21,23)(H,22,27). The fraction of sp³-hybridized carbons (Fsp3) is 0.650. The minimum absolute atomic E-state index is 0.181. The first-order valence-electron chi connectivity index (χ1n) is 10.1. The number of likely N-dealkylation sites (tertiary alicyclic amines) is 1. The van der Waals surface area contributed by atoms with E-state index in [-0.39, 0.29) is 18.9 Å². The molecule has 3 rings (SSSR count). The van der Waals surface area contributed by atoms with Crippen LogP contribution < -0.4 is 10.6 Å². The largest absolute Gasteiger partial charge is 0.387 e. The zero-order valence-corrected chi connectivity index (χ0v) is 16.4. The lowest BCUT2D eigenvalue weighted by Crippen LogP contribution is -2.56. The van der Waals surface area contributed by atoms with E-state index >= 15 is 0 Å². The number of nitrogens with one attached hydrogen (secondary N) is 2. The highest BCUT2D eigenvalue weighted by Crippen LogP contribution is 2.26. The van der Waals surface area contributed by atoms with Gasteiger partial charge in [0.25, 0.3) is 0 Å². The van der Waals surface area contributed by atoms with Gasteiger partial charge in [-0.05, 0) is 57.1 Å². The van der Waals surface area contributed by atoms with Crippen molar-refractivity contribution in [1.29, 1.82) is 0 Å². The molecule has 1 fully saturated rings. The molecule has 3 heterocycles. The highest BCUT2D eigenvalue weighted by molar-refractivity contribution is 5.81. The molecule has 1 aromatic heterocycles. The minimum Gasteiger partial charge on any atom is -0.387 e. The lowest BCUT2D eigenvalue weighted by Gasteiger charge is -2.40. The number of rotatable bonds is 6. The molecular weight excluding hydrogens is 360 g/mol. The second kappa shape index (κ2) is 8.87. The van der Waals surface area contributed by atoms with E-state index in [0.717, 1.165) is 43.7 Å². The molecule has 8 nitrogen and oxygen atoms in total. The van der Waals surface area contributed by atoms with E-state index in [0.29, 0.717) is 19.6 Å². The SMILES string of the molecule is CC(=O)C(O)C1(O)CCN(C(=O)NCCCc2ccc3c(n2)NCCC3)CC1. The number of piperidine rings is 1. The Morgan fingerprint density at radius 3 is 2.82 bits per heavy atom. The van der Waals surface area contributed by atoms with Crippen molar-refractivity contribution < 1.29 is 19.8 Å². The van der Waals surface area contributed by atoms with Crippen LogP contribution in [0.1, 0.15) is 43.9 Å². The number of ketones is 1. The lowest BCUT2D eigenvalue weighted by molar-refractivity contribution is -0.147. The molecule has 0 radical (unpaired) electrons. The van der Waals surface area contributed by atoms with Gasteiger partial charge in [0, 0.05) is 31.9 Å². The summed E-state index contributed by atoms with van der Waals surface area (Å²) in [4.78, 5) is 29.9. The van der Waals surface area contributed by atoms with Gasteiger partial charge in [0.1, 0.15) is 17.5 Å². The van der Waals surface area contributed by atoms with Crippen LogP contribution in [0.2, 0.25) is 0 Å². The van der Waals surface area contributed by atoms with Gasteiger partial charge >= 0.3 is 6.03 Å². The van der Waals surface area contributed by atoms with Gasteiger partial charge in [-0.15, -0.1) is 0 Å². The Labute approximate surface area is 165 Å². The smallest absolute Gasteiger partial charge is 0.317 e. The van der Waals surface area contributed by atoms with E-state index in [9.17, 15) is 19.8 Å². The lowest BCUT2D eigenvalue weighted by atomic mass is 9.84. The molecule has 1 atom stereocenters. The van der Waals surface area contributed by atoms with Gasteiger partial charge < -0.3 is 25.7 Å². The Bertz CT molecular complexity index is 716. The molecule has 2 aliphatic heterocycles. The Morgan fingerprint density at radius 1 is 1.36 bits per heavy atom. The van der Waals surface area contributed by atoms with Crippen LogP contribution in [0.4, 0.5) is 10.6 Å². The number of aliphatic hydroxyl groups is 2. The number of fused-ring (bicyclic) bond motifs is 1. The summed E-state index contributed by atoms with van der Waals surface area (Å²) in [5.41, 5.74) is 0.848. The molecule has 2 amide bonds. The predicted molar refractivity (Wildman–Crippen MR) is 105 cm³/mol. The Balaban J connectivity index is 1.39. The summed E-state index contributed by atoms with van der Waals surface area (Å²) in [5.74, 6) is 0.535. The van der Waals surface area contributed by atoms with Gasteiger partial charge in [-0.25, -0.2) is 9.78 Å². The third kappa shape index (κ3) is 4.80. The highest BCUT2D eigenvalue weighted by Gasteiger charge is 2.42. The van der Waals surface area contributed by atoms with Crippen LogP contribution >= 0.6 is 0 Å². The number of Topliss-reactive ketones (excluding diaryl/α,β-unsaturated/α-hetero) is 1. The molecule has 1 saturated heterocycles. The fourth-order valence-corrected chi connectivity index (χ4v) is 3.83. The van der Waals surface area contributed by atoms with E-state index in [1.807, 2.05) is 0 Å². The normalized spacial score (nSPS) is 19.3. The Morgan fingerprint density at radius 2 is 2.11 bits per heavy atom. The summed E-state index contributed by atoms with van der Waals surface area (Å²) in [6, 6.07) is 4.01. The van der Waals surface area contributed by atoms with E-state index in [4.69, 9.17) is 0 Å². The monoisotopic (exact) mass is 390 g/mol. The van der Waals surface area contributed by atoms with Crippen molar-refractivity contribution >= 4 is 17.6 Å². The number of amides is 2. The molecular formula is C20H30N4O4. The number of urea groups is 1. The third-order valence-electron chi connectivity index (χ3n) is 5.65. The average Bonchev–Trinajstić information content (AvgIpc) is 2.70. The van der Waals surface area contributed by atoms with Crippen molar-refractivity contribution in [2.45, 2.75) is 57.2 Å². The first-order valence-corrected chi connectivity index (χ1v) is 10.1. The summed E-state index contributed by atoms with van der Waals surface area (Å²) in [5, 5.41) is 26.5. The summed E-state index contributed by atoms with van der Waals surface area (Å²) >= 11 is 0. The maximum atomic E-state index is 12.3. The molecule has 0 aromatic carbocycles. The van der Waals surface area contributed by atoms with Gasteiger partial charge in [-0.1, -0.05) is 6.07 Å². The quantitative estimate of drug-likeness (QED) is 0.536. The minimum atomic E-state index is -1.44. The van der Waals surface area contributed by atoms with Crippen LogP contribution in [0.15, 0.2) is 12.1 Å². The highest BCUT2D eigenvalue weighted by atomic mass is 16.3. The molecule has 0 aliphatic carbocycles. The fourth-order valence-electron chi connectivity index (χ4n) is 3.83. The number of pyridine rings is 1. The summed E-state index contributed by atoms with van der Waals surface area (Å²) < 4.78 is 0. The maximum Gasteiger partial charge on any atom is 0.317 e. The molecule has 4 N–H and O–H groups in total. The number of aryl methyl sites for hydroxylation is 2. The van der Waals surface area contributed by atoms with Crippen LogP contribution in [0.5, 0.6) is 0 Å².